The molecule has 0 aliphatic carbocycles. The molecule has 1 aliphatic rings. The fraction of sp³-hybridized carbons (Fsp3) is 0.233. The van der Waals surface area contributed by atoms with E-state index in [4.69, 9.17) is 9.47 Å². The van der Waals surface area contributed by atoms with Crippen LogP contribution in [-0.2, 0) is 22.4 Å². The molecule has 0 bridgehead atoms. The third-order valence-electron chi connectivity index (χ3n) is 6.49. The van der Waals surface area contributed by atoms with Crippen LogP contribution in [0.3, 0.4) is 0 Å². The van der Waals surface area contributed by atoms with Gasteiger partial charge < -0.3 is 19.1 Å². The molecule has 8 nitrogen and oxygen atoms in total. The number of nitrogens with zero attached hydrogens (tertiary/aromatic N) is 3. The van der Waals surface area contributed by atoms with E-state index in [1.54, 1.807) is 6.92 Å². The Morgan fingerprint density at radius 3 is 2.71 bits per heavy atom. The van der Waals surface area contributed by atoms with Crippen LogP contribution >= 0.6 is 0 Å². The highest BCUT2D eigenvalue weighted by Crippen LogP contribution is 2.28. The highest BCUT2D eigenvalue weighted by molar-refractivity contribution is 5.95. The van der Waals surface area contributed by atoms with Crippen LogP contribution in [-0.4, -0.2) is 46.5 Å². The van der Waals surface area contributed by atoms with E-state index in [1.807, 2.05) is 77.5 Å². The summed E-state index contributed by atoms with van der Waals surface area (Å²) < 4.78 is 13.2. The number of aryl methyl sites for hydroxylation is 1. The van der Waals surface area contributed by atoms with E-state index < -0.39 is 12.1 Å². The maximum atomic E-state index is 12.3. The lowest BCUT2D eigenvalue weighted by Gasteiger charge is -2.26. The Hall–Kier alpha value is -4.59. The van der Waals surface area contributed by atoms with E-state index in [1.165, 1.54) is 11.0 Å². The van der Waals surface area contributed by atoms with E-state index in [-0.39, 0.29) is 0 Å². The van der Waals surface area contributed by atoms with Gasteiger partial charge in [-0.15, -0.1) is 0 Å². The van der Waals surface area contributed by atoms with Crippen LogP contribution in [0.25, 0.3) is 16.6 Å². The Bertz CT molecular complexity index is 1490. The van der Waals surface area contributed by atoms with Gasteiger partial charge in [-0.2, -0.15) is 0 Å². The topological polar surface area (TPSA) is 93.9 Å². The van der Waals surface area contributed by atoms with E-state index in [2.05, 4.69) is 4.98 Å². The van der Waals surface area contributed by atoms with Gasteiger partial charge in [-0.25, -0.2) is 14.6 Å². The van der Waals surface area contributed by atoms with Crippen LogP contribution in [0.1, 0.15) is 30.2 Å². The monoisotopic (exact) mass is 511 g/mol. The molecule has 0 unspecified atom stereocenters. The molecule has 4 aromatic rings. The van der Waals surface area contributed by atoms with Crippen LogP contribution in [0, 0.1) is 0 Å². The molecule has 0 atom stereocenters. The average molecular weight is 512 g/mol. The molecular formula is C30H29N3O5. The molecule has 0 spiro atoms. The molecule has 0 saturated carbocycles. The number of esters is 1. The second kappa shape index (κ2) is 11.2. The maximum absolute atomic E-state index is 12.3. The molecule has 8 heteroatoms. The summed E-state index contributed by atoms with van der Waals surface area (Å²) in [5, 5.41) is 10.5. The molecule has 3 heterocycles. The van der Waals surface area contributed by atoms with Gasteiger partial charge in [-0.3, -0.25) is 4.90 Å². The van der Waals surface area contributed by atoms with Crippen molar-refractivity contribution < 1.29 is 24.2 Å². The molecule has 1 aliphatic heterocycles. The molecule has 2 aromatic carbocycles. The van der Waals surface area contributed by atoms with Gasteiger partial charge >= 0.3 is 12.1 Å². The predicted octanol–water partition coefficient (Wildman–Crippen LogP) is 5.54. The summed E-state index contributed by atoms with van der Waals surface area (Å²) in [6.45, 7) is 2.97. The van der Waals surface area contributed by atoms with E-state index in [0.29, 0.717) is 32.0 Å². The normalized spacial score (nSPS) is 13.3. The maximum Gasteiger partial charge on any atom is 0.413 e. The summed E-state index contributed by atoms with van der Waals surface area (Å²) in [5.74, 6) is 0.862. The minimum atomic E-state index is -0.973. The Kier molecular flexibility index (Phi) is 7.40. The first kappa shape index (κ1) is 25.1. The second-order valence-electron chi connectivity index (χ2n) is 8.98. The van der Waals surface area contributed by atoms with Gasteiger partial charge in [0.05, 0.1) is 24.4 Å². The number of carboxylic acid groups (broad SMARTS) is 1. The molecule has 194 valence electrons. The quantitative estimate of drug-likeness (QED) is 0.247. The number of hydrogen-bond acceptors (Lipinski definition) is 5. The number of rotatable bonds is 8. The molecule has 38 heavy (non-hydrogen) atoms. The van der Waals surface area contributed by atoms with Gasteiger partial charge in [0.15, 0.2) is 0 Å². The van der Waals surface area contributed by atoms with Crippen LogP contribution in [0.5, 0.6) is 5.75 Å². The summed E-state index contributed by atoms with van der Waals surface area (Å²) in [6, 6.07) is 21.4. The van der Waals surface area contributed by atoms with Gasteiger partial charge in [-0.1, -0.05) is 36.4 Å². The van der Waals surface area contributed by atoms with Crippen LogP contribution < -0.4 is 9.64 Å². The summed E-state index contributed by atoms with van der Waals surface area (Å²) in [5.41, 5.74) is 4.31. The minimum Gasteiger partial charge on any atom is -0.493 e. The SMILES string of the molecule is CCOC(=O)C=C(c1ccccc1)n1ccc2cc(OCCc3ccc4c(n3)N(C(=O)O)CCC4)ccc21. The minimum absolute atomic E-state index is 0.309. The number of amides is 1. The number of pyridine rings is 1. The Morgan fingerprint density at radius 2 is 1.92 bits per heavy atom. The van der Waals surface area contributed by atoms with Crippen LogP contribution in [0.15, 0.2) is 79.0 Å². The molecule has 2 aromatic heterocycles. The van der Waals surface area contributed by atoms with Crippen molar-refractivity contribution in [3.05, 3.63) is 95.8 Å². The predicted molar refractivity (Wildman–Crippen MR) is 146 cm³/mol. The van der Waals surface area contributed by atoms with Crippen molar-refractivity contribution in [1.29, 1.82) is 0 Å². The highest BCUT2D eigenvalue weighted by Gasteiger charge is 2.23. The average Bonchev–Trinajstić information content (AvgIpc) is 3.35. The number of fused-ring (bicyclic) bond motifs is 2. The zero-order chi connectivity index (χ0) is 26.5. The first-order valence-electron chi connectivity index (χ1n) is 12.7. The van der Waals surface area contributed by atoms with Gasteiger partial charge in [0.1, 0.15) is 11.6 Å². The van der Waals surface area contributed by atoms with Gasteiger partial charge in [0.2, 0.25) is 0 Å². The molecular weight excluding hydrogens is 482 g/mol. The van der Waals surface area contributed by atoms with Crippen LogP contribution in [0.2, 0.25) is 0 Å². The standard InChI is InChI=1S/C30H29N3O5/c1-2-37-28(34)20-27(21-7-4-3-5-8-21)32-17-14-23-19-25(12-13-26(23)32)38-18-15-24-11-10-22-9-6-16-33(30(35)36)29(22)31-24/h3-5,7-8,10-14,17,19-20H,2,6,9,15-16,18H2,1H3,(H,35,36). The summed E-state index contributed by atoms with van der Waals surface area (Å²) in [6.07, 6.45) is 4.67. The first-order chi connectivity index (χ1) is 18.5. The van der Waals surface area contributed by atoms with Gasteiger partial charge in [0, 0.05) is 36.3 Å². The molecule has 0 radical (unpaired) electrons. The van der Waals surface area contributed by atoms with Crippen molar-refractivity contribution in [2.24, 2.45) is 0 Å². The molecule has 0 fully saturated rings. The number of ether oxygens (including phenoxy) is 2. The Labute approximate surface area is 220 Å². The molecule has 5 rings (SSSR count). The van der Waals surface area contributed by atoms with E-state index >= 15 is 0 Å². The van der Waals surface area contributed by atoms with Crippen molar-refractivity contribution >= 4 is 34.5 Å². The summed E-state index contributed by atoms with van der Waals surface area (Å²) >= 11 is 0. The number of benzene rings is 2. The van der Waals surface area contributed by atoms with Crippen molar-refractivity contribution in [2.45, 2.75) is 26.2 Å². The van der Waals surface area contributed by atoms with Gasteiger partial charge in [0.25, 0.3) is 0 Å². The molecule has 0 saturated heterocycles. The number of hydrogen-bond donors (Lipinski definition) is 1. The summed E-state index contributed by atoms with van der Waals surface area (Å²) in [7, 11) is 0. The number of carbonyl (C=O) groups excluding carboxylic acids is 1. The van der Waals surface area contributed by atoms with E-state index in [9.17, 15) is 14.7 Å². The largest absolute Gasteiger partial charge is 0.493 e. The Balaban J connectivity index is 1.32. The number of anilines is 1. The van der Waals surface area contributed by atoms with Crippen molar-refractivity contribution in [2.75, 3.05) is 24.7 Å². The highest BCUT2D eigenvalue weighted by atomic mass is 16.5. The smallest absolute Gasteiger partial charge is 0.413 e. The third kappa shape index (κ3) is 5.39. The molecule has 1 amide bonds. The first-order valence-corrected chi connectivity index (χ1v) is 12.7. The number of carbonyl (C=O) groups is 2. The lowest BCUT2D eigenvalue weighted by atomic mass is 10.1. The van der Waals surface area contributed by atoms with Gasteiger partial charge in [-0.05, 0) is 61.2 Å². The van der Waals surface area contributed by atoms with Crippen molar-refractivity contribution in [3.8, 4) is 5.75 Å². The summed E-state index contributed by atoms with van der Waals surface area (Å²) in [4.78, 5) is 29.8. The molecule has 1 N–H and O–H groups in total. The van der Waals surface area contributed by atoms with Crippen molar-refractivity contribution in [1.82, 2.24) is 9.55 Å². The third-order valence-corrected chi connectivity index (χ3v) is 6.49. The lowest BCUT2D eigenvalue weighted by Crippen LogP contribution is -2.35. The zero-order valence-electron chi connectivity index (χ0n) is 21.2. The number of aromatic nitrogens is 2. The van der Waals surface area contributed by atoms with Crippen LogP contribution in [0.4, 0.5) is 10.6 Å². The lowest BCUT2D eigenvalue weighted by molar-refractivity contribution is -0.137. The van der Waals surface area contributed by atoms with E-state index in [0.717, 1.165) is 52.0 Å². The Morgan fingerprint density at radius 1 is 1.08 bits per heavy atom. The fourth-order valence-electron chi connectivity index (χ4n) is 4.69. The fourth-order valence-corrected chi connectivity index (χ4v) is 4.69. The second-order valence-corrected chi connectivity index (χ2v) is 8.98. The van der Waals surface area contributed by atoms with Crippen molar-refractivity contribution in [3.63, 3.8) is 0 Å². The zero-order valence-corrected chi connectivity index (χ0v) is 21.2.